The second-order valence-corrected chi connectivity index (χ2v) is 3.59. The largest absolute Gasteiger partial charge is 0.477 e. The molecule has 0 aliphatic heterocycles. The fourth-order valence-electron chi connectivity index (χ4n) is 1.51. The third-order valence-electron chi connectivity index (χ3n) is 2.39. The number of benzene rings is 1. The molecule has 0 atom stereocenters. The zero-order chi connectivity index (χ0) is 14.2. The van der Waals surface area contributed by atoms with Gasteiger partial charge in [0.1, 0.15) is 11.4 Å². The minimum atomic E-state index is -1.59. The van der Waals surface area contributed by atoms with E-state index in [0.29, 0.717) is 10.8 Å². The zero-order valence-corrected chi connectivity index (χ0v) is 9.28. The standard InChI is InChI=1S/C11H7FN2O5/c12-6-1-3-7(4-2-6)14-9(15)8(10(16)17)5-13(19)11(14)18/h1-5,19H,(H,16,17). The quantitative estimate of drug-likeness (QED) is 0.749. The van der Waals surface area contributed by atoms with Crippen LogP contribution in [0.5, 0.6) is 0 Å². The molecule has 8 heteroatoms. The molecule has 1 aromatic carbocycles. The normalized spacial score (nSPS) is 10.4. The number of carboxylic acid groups (broad SMARTS) is 1. The van der Waals surface area contributed by atoms with Crippen LogP contribution < -0.4 is 11.2 Å². The number of rotatable bonds is 2. The highest BCUT2D eigenvalue weighted by Crippen LogP contribution is 2.05. The molecule has 7 nitrogen and oxygen atoms in total. The summed E-state index contributed by atoms with van der Waals surface area (Å²) in [6.45, 7) is 0. The molecule has 0 aliphatic rings. The number of halogens is 1. The van der Waals surface area contributed by atoms with Gasteiger partial charge in [0.15, 0.2) is 0 Å². The molecular formula is C11H7FN2O5. The Morgan fingerprint density at radius 2 is 1.74 bits per heavy atom. The molecule has 2 rings (SSSR count). The molecule has 0 aliphatic carbocycles. The number of carboxylic acids is 1. The molecule has 0 bridgehead atoms. The number of hydrogen-bond donors (Lipinski definition) is 2. The summed E-state index contributed by atoms with van der Waals surface area (Å²) in [6.07, 6.45) is 0.507. The lowest BCUT2D eigenvalue weighted by Gasteiger charge is -2.07. The molecule has 0 amide bonds. The molecule has 2 aromatic rings. The smallest absolute Gasteiger partial charge is 0.368 e. The first kappa shape index (κ1) is 12.6. The van der Waals surface area contributed by atoms with Gasteiger partial charge in [0.2, 0.25) is 0 Å². The second kappa shape index (κ2) is 4.41. The number of nitrogens with zero attached hydrogens (tertiary/aromatic N) is 2. The van der Waals surface area contributed by atoms with Crippen LogP contribution in [-0.2, 0) is 0 Å². The van der Waals surface area contributed by atoms with Crippen molar-refractivity contribution in [2.75, 3.05) is 0 Å². The van der Waals surface area contributed by atoms with E-state index in [1.54, 1.807) is 0 Å². The summed E-state index contributed by atoms with van der Waals surface area (Å²) in [6, 6.07) is 4.22. The highest BCUT2D eigenvalue weighted by Gasteiger charge is 2.17. The van der Waals surface area contributed by atoms with Gasteiger partial charge >= 0.3 is 11.7 Å². The molecule has 0 fully saturated rings. The maximum Gasteiger partial charge on any atom is 0.368 e. The average molecular weight is 266 g/mol. The number of carbonyl (C=O) groups is 1. The van der Waals surface area contributed by atoms with E-state index < -0.39 is 28.6 Å². The predicted octanol–water partition coefficient (Wildman–Crippen LogP) is 0.0738. The molecule has 0 radical (unpaired) electrons. The van der Waals surface area contributed by atoms with Crippen LogP contribution in [0.25, 0.3) is 5.69 Å². The lowest BCUT2D eigenvalue weighted by Crippen LogP contribution is -2.40. The number of hydrogen-bond acceptors (Lipinski definition) is 4. The van der Waals surface area contributed by atoms with Gasteiger partial charge in [-0.1, -0.05) is 0 Å². The van der Waals surface area contributed by atoms with Crippen LogP contribution in [0.1, 0.15) is 10.4 Å². The Kier molecular flexibility index (Phi) is 2.91. The van der Waals surface area contributed by atoms with Crippen molar-refractivity contribution in [3.8, 4) is 5.69 Å². The lowest BCUT2D eigenvalue weighted by molar-refractivity contribution is 0.0686. The van der Waals surface area contributed by atoms with Gasteiger partial charge in [0.25, 0.3) is 5.56 Å². The monoisotopic (exact) mass is 266 g/mol. The fourth-order valence-corrected chi connectivity index (χ4v) is 1.51. The molecule has 0 unspecified atom stereocenters. The summed E-state index contributed by atoms with van der Waals surface area (Å²) < 4.78 is 13.2. The van der Waals surface area contributed by atoms with E-state index in [-0.39, 0.29) is 10.4 Å². The molecule has 0 saturated carbocycles. The third-order valence-corrected chi connectivity index (χ3v) is 2.39. The van der Waals surface area contributed by atoms with Crippen LogP contribution in [0.15, 0.2) is 40.1 Å². The highest BCUT2D eigenvalue weighted by atomic mass is 19.1. The first-order valence-corrected chi connectivity index (χ1v) is 4.99. The van der Waals surface area contributed by atoms with Crippen LogP contribution >= 0.6 is 0 Å². The maximum absolute atomic E-state index is 12.8. The SMILES string of the molecule is O=C(O)c1cn(O)c(=O)n(-c2ccc(F)cc2)c1=O. The van der Waals surface area contributed by atoms with Crippen molar-refractivity contribution in [3.05, 3.63) is 62.7 Å². The van der Waals surface area contributed by atoms with Gasteiger partial charge in [-0.15, -0.1) is 4.73 Å². The topological polar surface area (TPSA) is 102 Å². The maximum atomic E-state index is 12.8. The van der Waals surface area contributed by atoms with Crippen molar-refractivity contribution >= 4 is 5.97 Å². The van der Waals surface area contributed by atoms with Crippen LogP contribution in [0.3, 0.4) is 0 Å². The number of aromatic nitrogens is 2. The first-order valence-electron chi connectivity index (χ1n) is 4.99. The van der Waals surface area contributed by atoms with Crippen LogP contribution in [0.2, 0.25) is 0 Å². The highest BCUT2D eigenvalue weighted by molar-refractivity contribution is 5.86. The van der Waals surface area contributed by atoms with E-state index in [1.807, 2.05) is 0 Å². The second-order valence-electron chi connectivity index (χ2n) is 3.59. The van der Waals surface area contributed by atoms with Gasteiger partial charge in [0, 0.05) is 0 Å². The van der Waals surface area contributed by atoms with Crippen molar-refractivity contribution in [1.82, 2.24) is 9.30 Å². The third kappa shape index (κ3) is 2.10. The van der Waals surface area contributed by atoms with E-state index in [1.165, 1.54) is 0 Å². The summed E-state index contributed by atoms with van der Waals surface area (Å²) in [7, 11) is 0. The molecule has 0 spiro atoms. The van der Waals surface area contributed by atoms with Crippen molar-refractivity contribution in [1.29, 1.82) is 0 Å². The summed E-state index contributed by atoms with van der Waals surface area (Å²) in [5, 5.41) is 18.1. The van der Waals surface area contributed by atoms with Crippen molar-refractivity contribution in [2.45, 2.75) is 0 Å². The number of aromatic carboxylic acids is 1. The Bertz CT molecular complexity index is 760. The van der Waals surface area contributed by atoms with Crippen LogP contribution in [-0.4, -0.2) is 25.6 Å². The average Bonchev–Trinajstić information content (AvgIpc) is 2.36. The molecule has 1 aromatic heterocycles. The van der Waals surface area contributed by atoms with Gasteiger partial charge in [0.05, 0.1) is 11.9 Å². The summed E-state index contributed by atoms with van der Waals surface area (Å²) >= 11 is 0. The van der Waals surface area contributed by atoms with E-state index in [9.17, 15) is 24.0 Å². The molecule has 98 valence electrons. The Balaban J connectivity index is 2.83. The first-order chi connectivity index (χ1) is 8.91. The Morgan fingerprint density at radius 3 is 2.26 bits per heavy atom. The van der Waals surface area contributed by atoms with E-state index >= 15 is 0 Å². The molecule has 2 N–H and O–H groups in total. The van der Waals surface area contributed by atoms with E-state index in [2.05, 4.69) is 0 Å². The molecule has 1 heterocycles. The zero-order valence-electron chi connectivity index (χ0n) is 9.28. The van der Waals surface area contributed by atoms with Crippen LogP contribution in [0, 0.1) is 5.82 Å². The summed E-state index contributed by atoms with van der Waals surface area (Å²) in [5.74, 6) is -2.18. The molecule has 19 heavy (non-hydrogen) atoms. The minimum absolute atomic E-state index is 0.0196. The predicted molar refractivity (Wildman–Crippen MR) is 60.4 cm³/mol. The van der Waals surface area contributed by atoms with Crippen LogP contribution in [0.4, 0.5) is 4.39 Å². The summed E-state index contributed by atoms with van der Waals surface area (Å²) in [5.41, 5.74) is -3.11. The van der Waals surface area contributed by atoms with Crippen molar-refractivity contribution in [2.24, 2.45) is 0 Å². The Hall–Kier alpha value is -2.90. The van der Waals surface area contributed by atoms with Gasteiger partial charge in [-0.2, -0.15) is 0 Å². The van der Waals surface area contributed by atoms with Crippen molar-refractivity contribution in [3.63, 3.8) is 0 Å². The lowest BCUT2D eigenvalue weighted by atomic mass is 10.3. The van der Waals surface area contributed by atoms with Crippen molar-refractivity contribution < 1.29 is 19.5 Å². The van der Waals surface area contributed by atoms with E-state index in [0.717, 1.165) is 24.3 Å². The minimum Gasteiger partial charge on any atom is -0.477 e. The molecular weight excluding hydrogens is 259 g/mol. The molecule has 0 saturated heterocycles. The fraction of sp³-hybridized carbons (Fsp3) is 0. The van der Waals surface area contributed by atoms with Gasteiger partial charge in [-0.3, -0.25) is 4.79 Å². The Morgan fingerprint density at radius 1 is 1.16 bits per heavy atom. The Labute approximate surface area is 104 Å². The van der Waals surface area contributed by atoms with Gasteiger partial charge in [-0.05, 0) is 24.3 Å². The summed E-state index contributed by atoms with van der Waals surface area (Å²) in [4.78, 5) is 34.3. The van der Waals surface area contributed by atoms with Gasteiger partial charge in [-0.25, -0.2) is 18.5 Å². The van der Waals surface area contributed by atoms with Gasteiger partial charge < -0.3 is 10.3 Å². The van der Waals surface area contributed by atoms with E-state index in [4.69, 9.17) is 5.11 Å².